The van der Waals surface area contributed by atoms with Crippen LogP contribution in [0.15, 0.2) is 78.2 Å². The molecule has 3 heterocycles. The van der Waals surface area contributed by atoms with Gasteiger partial charge in [0.1, 0.15) is 6.04 Å². The first-order valence-electron chi connectivity index (χ1n) is 8.34. The molecule has 1 atom stereocenters. The van der Waals surface area contributed by atoms with E-state index in [1.54, 1.807) is 11.3 Å². The van der Waals surface area contributed by atoms with E-state index in [0.717, 1.165) is 11.3 Å². The maximum Gasteiger partial charge on any atom is 0.248 e. The highest BCUT2D eigenvalue weighted by atomic mass is 32.1. The number of fused-ring (bicyclic) bond motifs is 1. The van der Waals surface area contributed by atoms with Crippen LogP contribution in [0.4, 0.5) is 5.95 Å². The number of thiophene rings is 1. The van der Waals surface area contributed by atoms with Gasteiger partial charge in [0, 0.05) is 10.6 Å². The maximum atomic E-state index is 4.13. The average Bonchev–Trinajstić information content (AvgIpc) is 3.40. The van der Waals surface area contributed by atoms with Crippen LogP contribution in [0.25, 0.3) is 16.8 Å². The van der Waals surface area contributed by atoms with E-state index in [-0.39, 0.29) is 6.04 Å². The standard InChI is InChI=1S/C20H15N5S/c1-2-5-14(6-3-1)15-8-10-16(11-9-15)17-13-18(19-7-4-12-26-19)25-20(21-17)22-23-24-25/h1-13,18H,(H,21,22,24)/t18-/m1/s1. The molecule has 26 heavy (non-hydrogen) atoms. The summed E-state index contributed by atoms with van der Waals surface area (Å²) < 4.78 is 1.81. The van der Waals surface area contributed by atoms with Crippen LogP contribution in [0.1, 0.15) is 16.5 Å². The molecule has 0 amide bonds. The van der Waals surface area contributed by atoms with Crippen molar-refractivity contribution in [3.05, 3.63) is 88.6 Å². The number of allylic oxidation sites excluding steroid dienone is 1. The number of hydrogen-bond donors (Lipinski definition) is 1. The molecule has 2 aromatic heterocycles. The first-order chi connectivity index (χ1) is 12.9. The fourth-order valence-corrected chi connectivity index (χ4v) is 3.94. The quantitative estimate of drug-likeness (QED) is 0.588. The Morgan fingerprint density at radius 1 is 0.846 bits per heavy atom. The number of rotatable bonds is 3. The van der Waals surface area contributed by atoms with E-state index in [2.05, 4.69) is 86.9 Å². The van der Waals surface area contributed by atoms with Crippen LogP contribution >= 0.6 is 11.3 Å². The number of tetrazole rings is 1. The van der Waals surface area contributed by atoms with Crippen molar-refractivity contribution in [2.24, 2.45) is 0 Å². The summed E-state index contributed by atoms with van der Waals surface area (Å²) in [6, 6.07) is 23.1. The molecule has 5 nitrogen and oxygen atoms in total. The topological polar surface area (TPSA) is 55.6 Å². The van der Waals surface area contributed by atoms with Crippen LogP contribution in [-0.4, -0.2) is 20.2 Å². The van der Waals surface area contributed by atoms with Crippen molar-refractivity contribution in [2.45, 2.75) is 6.04 Å². The van der Waals surface area contributed by atoms with Crippen molar-refractivity contribution in [1.82, 2.24) is 20.2 Å². The van der Waals surface area contributed by atoms with Crippen LogP contribution in [0.3, 0.4) is 0 Å². The molecular weight excluding hydrogens is 342 g/mol. The Morgan fingerprint density at radius 3 is 2.38 bits per heavy atom. The van der Waals surface area contributed by atoms with Gasteiger partial charge in [-0.2, -0.15) is 4.68 Å². The summed E-state index contributed by atoms with van der Waals surface area (Å²) in [6.07, 6.45) is 2.17. The average molecular weight is 357 g/mol. The summed E-state index contributed by atoms with van der Waals surface area (Å²) in [5.41, 5.74) is 4.54. The van der Waals surface area contributed by atoms with Crippen LogP contribution in [-0.2, 0) is 0 Å². The number of nitrogens with one attached hydrogen (secondary N) is 1. The zero-order valence-corrected chi connectivity index (χ0v) is 14.6. The van der Waals surface area contributed by atoms with Crippen LogP contribution in [0, 0.1) is 0 Å². The zero-order valence-electron chi connectivity index (χ0n) is 13.8. The second kappa shape index (κ2) is 6.24. The summed E-state index contributed by atoms with van der Waals surface area (Å²) in [7, 11) is 0. The Labute approximate surface area is 154 Å². The lowest BCUT2D eigenvalue weighted by atomic mass is 10.0. The predicted octanol–water partition coefficient (Wildman–Crippen LogP) is 4.46. The minimum absolute atomic E-state index is 0.00468. The van der Waals surface area contributed by atoms with E-state index >= 15 is 0 Å². The minimum Gasteiger partial charge on any atom is -0.323 e. The number of hydrogen-bond acceptors (Lipinski definition) is 5. The number of benzene rings is 2. The van der Waals surface area contributed by atoms with Crippen molar-refractivity contribution in [1.29, 1.82) is 0 Å². The van der Waals surface area contributed by atoms with Gasteiger partial charge >= 0.3 is 0 Å². The molecule has 1 aliphatic rings. The maximum absolute atomic E-state index is 4.13. The molecule has 0 fully saturated rings. The Bertz CT molecular complexity index is 1050. The Hall–Kier alpha value is -3.25. The molecule has 0 spiro atoms. The van der Waals surface area contributed by atoms with Crippen molar-refractivity contribution in [2.75, 3.05) is 5.32 Å². The van der Waals surface area contributed by atoms with Gasteiger partial charge in [-0.3, -0.25) is 0 Å². The largest absolute Gasteiger partial charge is 0.323 e. The van der Waals surface area contributed by atoms with Gasteiger partial charge in [0.05, 0.1) is 0 Å². The molecular formula is C20H15N5S. The van der Waals surface area contributed by atoms with E-state index in [1.165, 1.54) is 16.0 Å². The van der Waals surface area contributed by atoms with Crippen LogP contribution < -0.4 is 5.32 Å². The first kappa shape index (κ1) is 15.0. The molecule has 0 unspecified atom stereocenters. The Morgan fingerprint density at radius 2 is 1.62 bits per heavy atom. The molecule has 4 aromatic rings. The SMILES string of the molecule is C1=C(c2ccc(-c3ccccc3)cc2)Nc2nnnn2[C@H]1c1cccs1. The molecule has 126 valence electrons. The van der Waals surface area contributed by atoms with Crippen LogP contribution in [0.5, 0.6) is 0 Å². The van der Waals surface area contributed by atoms with E-state index in [9.17, 15) is 0 Å². The van der Waals surface area contributed by atoms with Gasteiger partial charge in [0.25, 0.3) is 0 Å². The van der Waals surface area contributed by atoms with Gasteiger partial charge < -0.3 is 5.32 Å². The van der Waals surface area contributed by atoms with Gasteiger partial charge in [-0.25, -0.2) is 0 Å². The normalized spacial score (nSPS) is 15.8. The highest BCUT2D eigenvalue weighted by Gasteiger charge is 2.24. The third-order valence-corrected chi connectivity index (χ3v) is 5.41. The smallest absolute Gasteiger partial charge is 0.248 e. The van der Waals surface area contributed by atoms with E-state index in [0.29, 0.717) is 5.95 Å². The number of anilines is 1. The van der Waals surface area contributed by atoms with Gasteiger partial charge in [-0.15, -0.1) is 11.3 Å². The molecule has 5 rings (SSSR count). The van der Waals surface area contributed by atoms with Crippen molar-refractivity contribution < 1.29 is 0 Å². The van der Waals surface area contributed by atoms with E-state index in [1.807, 2.05) is 16.8 Å². The lowest BCUT2D eigenvalue weighted by molar-refractivity contribution is 0.593. The van der Waals surface area contributed by atoms with E-state index < -0.39 is 0 Å². The van der Waals surface area contributed by atoms with Gasteiger partial charge in [-0.1, -0.05) is 65.8 Å². The summed E-state index contributed by atoms with van der Waals surface area (Å²) in [5.74, 6) is 0.660. The van der Waals surface area contributed by atoms with Gasteiger partial charge in [0.2, 0.25) is 5.95 Å². The van der Waals surface area contributed by atoms with Gasteiger partial charge in [-0.05, 0) is 44.6 Å². The molecule has 0 saturated carbocycles. The second-order valence-electron chi connectivity index (χ2n) is 6.06. The molecule has 6 heteroatoms. The lowest BCUT2D eigenvalue weighted by Gasteiger charge is -2.22. The fraction of sp³-hybridized carbons (Fsp3) is 0.0500. The monoisotopic (exact) mass is 357 g/mol. The lowest BCUT2D eigenvalue weighted by Crippen LogP contribution is -2.19. The van der Waals surface area contributed by atoms with Crippen LogP contribution in [0.2, 0.25) is 0 Å². The summed E-state index contributed by atoms with van der Waals surface area (Å²) in [5, 5.41) is 17.5. The summed E-state index contributed by atoms with van der Waals surface area (Å²) in [4.78, 5) is 1.21. The van der Waals surface area contributed by atoms with Gasteiger partial charge in [0.15, 0.2) is 0 Å². The van der Waals surface area contributed by atoms with E-state index in [4.69, 9.17) is 0 Å². The second-order valence-corrected chi connectivity index (χ2v) is 7.04. The third kappa shape index (κ3) is 2.60. The Kier molecular flexibility index (Phi) is 3.61. The summed E-state index contributed by atoms with van der Waals surface area (Å²) in [6.45, 7) is 0. The van der Waals surface area contributed by atoms with Crippen molar-refractivity contribution in [3.63, 3.8) is 0 Å². The zero-order chi connectivity index (χ0) is 17.3. The number of aromatic nitrogens is 4. The molecule has 1 N–H and O–H groups in total. The highest BCUT2D eigenvalue weighted by Crippen LogP contribution is 2.34. The molecule has 0 radical (unpaired) electrons. The first-order valence-corrected chi connectivity index (χ1v) is 9.22. The minimum atomic E-state index is 0.00468. The summed E-state index contributed by atoms with van der Waals surface area (Å²) >= 11 is 1.70. The van der Waals surface area contributed by atoms with Crippen molar-refractivity contribution in [3.8, 4) is 11.1 Å². The highest BCUT2D eigenvalue weighted by molar-refractivity contribution is 7.10. The Balaban J connectivity index is 1.52. The van der Waals surface area contributed by atoms with Crippen molar-refractivity contribution >= 4 is 23.0 Å². The molecule has 0 saturated heterocycles. The molecule has 0 bridgehead atoms. The third-order valence-electron chi connectivity index (χ3n) is 4.47. The molecule has 0 aliphatic carbocycles. The molecule has 1 aliphatic heterocycles. The predicted molar refractivity (Wildman–Crippen MR) is 104 cm³/mol. The fourth-order valence-electron chi connectivity index (χ4n) is 3.16. The number of nitrogens with zero attached hydrogens (tertiary/aromatic N) is 4. The molecule has 2 aromatic carbocycles.